The molecule has 2 unspecified atom stereocenters. The van der Waals surface area contributed by atoms with E-state index in [0.29, 0.717) is 0 Å². The van der Waals surface area contributed by atoms with Gasteiger partial charge >= 0.3 is 0 Å². The quantitative estimate of drug-likeness (QED) is 0.146. The zero-order valence-corrected chi connectivity index (χ0v) is 27.5. The average molecular weight is 639 g/mol. The van der Waals surface area contributed by atoms with Crippen LogP contribution >= 0.6 is 0 Å². The van der Waals surface area contributed by atoms with Gasteiger partial charge in [0.2, 0.25) is 0 Å². The SMILES string of the molecule is C#CC=C.C=C.CN1C(c2ccc(-c3ccncc3)cc2)=NC(c2ccc(-c3ccncc3)cc2)NC1c1ccc(-c2ccncc2)cc1. The van der Waals surface area contributed by atoms with E-state index in [1.54, 1.807) is 0 Å². The number of pyridine rings is 3. The Kier molecular flexibility index (Phi) is 11.7. The summed E-state index contributed by atoms with van der Waals surface area (Å²) in [5.41, 5.74) is 10.2. The average Bonchev–Trinajstić information content (AvgIpc) is 3.20. The van der Waals surface area contributed by atoms with Crippen molar-refractivity contribution in [3.63, 3.8) is 0 Å². The van der Waals surface area contributed by atoms with Gasteiger partial charge in [-0.05, 0) is 87.0 Å². The Balaban J connectivity index is 0.000000729. The van der Waals surface area contributed by atoms with Gasteiger partial charge in [0.1, 0.15) is 18.2 Å². The Morgan fingerprint density at radius 1 is 0.571 bits per heavy atom. The van der Waals surface area contributed by atoms with Gasteiger partial charge in [-0.3, -0.25) is 20.3 Å². The van der Waals surface area contributed by atoms with Crippen LogP contribution in [-0.2, 0) is 0 Å². The molecule has 0 fully saturated rings. The molecule has 0 bridgehead atoms. The normalized spacial score (nSPS) is 14.9. The van der Waals surface area contributed by atoms with Crippen molar-refractivity contribution in [3.8, 4) is 45.7 Å². The van der Waals surface area contributed by atoms with Crippen molar-refractivity contribution in [1.29, 1.82) is 0 Å². The molecule has 6 aromatic rings. The zero-order valence-electron chi connectivity index (χ0n) is 27.5. The van der Waals surface area contributed by atoms with Crippen molar-refractivity contribution in [2.24, 2.45) is 4.99 Å². The molecule has 0 saturated heterocycles. The lowest BCUT2D eigenvalue weighted by molar-refractivity contribution is 0.257. The number of rotatable bonds is 6. The van der Waals surface area contributed by atoms with Crippen LogP contribution in [0.1, 0.15) is 29.0 Å². The number of benzene rings is 3. The second-order valence-electron chi connectivity index (χ2n) is 10.9. The first-order valence-electron chi connectivity index (χ1n) is 15.8. The van der Waals surface area contributed by atoms with Gasteiger partial charge in [0.15, 0.2) is 0 Å². The maximum atomic E-state index is 5.25. The van der Waals surface area contributed by atoms with Gasteiger partial charge in [-0.25, -0.2) is 4.99 Å². The summed E-state index contributed by atoms with van der Waals surface area (Å²) in [6.07, 6.45) is 16.7. The molecular formula is C43H38N6. The van der Waals surface area contributed by atoms with Crippen LogP contribution < -0.4 is 5.32 Å². The molecule has 0 saturated carbocycles. The first-order chi connectivity index (χ1) is 24.1. The summed E-state index contributed by atoms with van der Waals surface area (Å²) in [6.45, 7) is 9.24. The number of allylic oxidation sites excluding steroid dienone is 1. The second kappa shape index (κ2) is 16.9. The molecule has 1 aliphatic rings. The van der Waals surface area contributed by atoms with Crippen LogP contribution in [0.15, 0.2) is 177 Å². The Bertz CT molecular complexity index is 1980. The molecule has 3 aromatic carbocycles. The molecule has 49 heavy (non-hydrogen) atoms. The lowest BCUT2D eigenvalue weighted by Gasteiger charge is -2.39. The van der Waals surface area contributed by atoms with Crippen LogP contribution in [-0.4, -0.2) is 32.7 Å². The topological polar surface area (TPSA) is 66.3 Å². The molecule has 1 aliphatic heterocycles. The van der Waals surface area contributed by atoms with Gasteiger partial charge in [-0.1, -0.05) is 85.3 Å². The number of amidine groups is 1. The molecule has 6 nitrogen and oxygen atoms in total. The standard InChI is InChI=1S/C37H30N6.C4H4.C2H4/c1-43-36(33-10-4-27(5-11-33)30-16-22-39-23-17-30)41-35(32-8-2-26(3-9-32)29-14-20-38-21-15-29)42-37(43)34-12-6-28(7-13-34)31-18-24-40-25-19-31;1-3-4-2;1-2/h2-25,35-36,41H,1H3;1,4H,2H2;1-2H2. The number of aliphatic imine (C=N–C) groups is 1. The van der Waals surface area contributed by atoms with E-state index >= 15 is 0 Å². The Morgan fingerprint density at radius 3 is 1.29 bits per heavy atom. The fraction of sp³-hybridized carbons (Fsp3) is 0.0698. The smallest absolute Gasteiger partial charge is 0.134 e. The van der Waals surface area contributed by atoms with Crippen LogP contribution in [0.3, 0.4) is 0 Å². The lowest BCUT2D eigenvalue weighted by atomic mass is 10.00. The first kappa shape index (κ1) is 33.9. The number of aromatic nitrogens is 3. The third kappa shape index (κ3) is 8.30. The Morgan fingerprint density at radius 2 is 0.898 bits per heavy atom. The van der Waals surface area contributed by atoms with Gasteiger partial charge in [0.05, 0.1) is 0 Å². The molecule has 7 rings (SSSR count). The number of terminal acetylenes is 1. The minimum absolute atomic E-state index is 0.0799. The molecule has 0 amide bonds. The van der Waals surface area contributed by atoms with Crippen molar-refractivity contribution in [2.75, 3.05) is 7.05 Å². The maximum Gasteiger partial charge on any atom is 0.134 e. The van der Waals surface area contributed by atoms with Crippen molar-refractivity contribution in [2.45, 2.75) is 12.3 Å². The minimum atomic E-state index is -0.220. The second-order valence-corrected chi connectivity index (χ2v) is 10.9. The Labute approximate surface area is 289 Å². The number of hydrogen-bond donors (Lipinski definition) is 1. The third-order valence-corrected chi connectivity index (χ3v) is 8.04. The third-order valence-electron chi connectivity index (χ3n) is 8.04. The van der Waals surface area contributed by atoms with Gasteiger partial charge in [-0.2, -0.15) is 0 Å². The molecular weight excluding hydrogens is 601 g/mol. The molecule has 0 radical (unpaired) electrons. The Hall–Kier alpha value is -6.42. The summed E-state index contributed by atoms with van der Waals surface area (Å²) in [7, 11) is 2.10. The highest BCUT2D eigenvalue weighted by atomic mass is 15.4. The highest BCUT2D eigenvalue weighted by molar-refractivity contribution is 5.99. The fourth-order valence-corrected chi connectivity index (χ4v) is 5.56. The highest BCUT2D eigenvalue weighted by Gasteiger charge is 2.30. The summed E-state index contributed by atoms with van der Waals surface area (Å²) < 4.78 is 0. The molecule has 6 heteroatoms. The van der Waals surface area contributed by atoms with Crippen molar-refractivity contribution in [3.05, 3.63) is 189 Å². The van der Waals surface area contributed by atoms with Gasteiger partial charge in [-0.15, -0.1) is 19.6 Å². The van der Waals surface area contributed by atoms with E-state index in [1.807, 2.05) is 73.6 Å². The van der Waals surface area contributed by atoms with Gasteiger partial charge in [0, 0.05) is 49.8 Å². The van der Waals surface area contributed by atoms with Crippen molar-refractivity contribution in [1.82, 2.24) is 25.2 Å². The maximum absolute atomic E-state index is 5.25. The van der Waals surface area contributed by atoms with E-state index in [2.05, 4.69) is 137 Å². The van der Waals surface area contributed by atoms with Crippen LogP contribution in [0.5, 0.6) is 0 Å². The monoisotopic (exact) mass is 638 g/mol. The highest BCUT2D eigenvalue weighted by Crippen LogP contribution is 2.33. The largest absolute Gasteiger partial charge is 0.340 e. The summed E-state index contributed by atoms with van der Waals surface area (Å²) in [4.78, 5) is 19.9. The van der Waals surface area contributed by atoms with Gasteiger partial charge in [0.25, 0.3) is 0 Å². The molecule has 2 atom stereocenters. The van der Waals surface area contributed by atoms with Gasteiger partial charge < -0.3 is 4.90 Å². The first-order valence-corrected chi connectivity index (χ1v) is 15.8. The van der Waals surface area contributed by atoms with E-state index in [4.69, 9.17) is 4.99 Å². The summed E-state index contributed by atoms with van der Waals surface area (Å²) >= 11 is 0. The molecule has 4 heterocycles. The van der Waals surface area contributed by atoms with Crippen LogP contribution in [0, 0.1) is 12.3 Å². The number of nitrogens with one attached hydrogen (secondary N) is 1. The molecule has 3 aromatic heterocycles. The predicted molar refractivity (Wildman–Crippen MR) is 202 cm³/mol. The minimum Gasteiger partial charge on any atom is -0.340 e. The molecule has 1 N–H and O–H groups in total. The molecule has 0 aliphatic carbocycles. The summed E-state index contributed by atoms with van der Waals surface area (Å²) in [5, 5.41) is 3.80. The number of hydrogen-bond acceptors (Lipinski definition) is 6. The summed E-state index contributed by atoms with van der Waals surface area (Å²) in [5.74, 6) is 3.13. The lowest BCUT2D eigenvalue weighted by Crippen LogP contribution is -2.46. The fourth-order valence-electron chi connectivity index (χ4n) is 5.56. The summed E-state index contributed by atoms with van der Waals surface area (Å²) in [6, 6.07) is 38.2. The van der Waals surface area contributed by atoms with Crippen molar-refractivity contribution >= 4 is 5.84 Å². The van der Waals surface area contributed by atoms with E-state index in [0.717, 1.165) is 50.3 Å². The van der Waals surface area contributed by atoms with E-state index in [9.17, 15) is 0 Å². The zero-order chi connectivity index (χ0) is 34.4. The van der Waals surface area contributed by atoms with Crippen LogP contribution in [0.4, 0.5) is 0 Å². The van der Waals surface area contributed by atoms with Crippen LogP contribution in [0.2, 0.25) is 0 Å². The van der Waals surface area contributed by atoms with E-state index in [1.165, 1.54) is 11.6 Å². The number of nitrogens with zero attached hydrogens (tertiary/aromatic N) is 5. The van der Waals surface area contributed by atoms with Crippen LogP contribution in [0.25, 0.3) is 33.4 Å². The predicted octanol–water partition coefficient (Wildman–Crippen LogP) is 9.16. The van der Waals surface area contributed by atoms with Crippen molar-refractivity contribution < 1.29 is 0 Å². The molecule has 240 valence electrons. The van der Waals surface area contributed by atoms with E-state index < -0.39 is 0 Å². The van der Waals surface area contributed by atoms with E-state index in [-0.39, 0.29) is 12.3 Å². The molecule has 0 spiro atoms.